The van der Waals surface area contributed by atoms with E-state index in [9.17, 15) is 9.59 Å². The number of nitrogens with one attached hydrogen (secondary N) is 2. The number of nitrogens with zero attached hydrogens (tertiary/aromatic N) is 1. The van der Waals surface area contributed by atoms with Crippen LogP contribution in [0.25, 0.3) is 0 Å². The molecule has 0 saturated carbocycles. The molecule has 2 aromatic rings. The predicted octanol–water partition coefficient (Wildman–Crippen LogP) is 1.94. The number of amides is 1. The molecule has 2 N–H and O–H groups in total. The van der Waals surface area contributed by atoms with Gasteiger partial charge >= 0.3 is 0 Å². The Hall–Kier alpha value is -2.40. The van der Waals surface area contributed by atoms with Gasteiger partial charge in [-0.25, -0.2) is 0 Å². The fourth-order valence-corrected chi connectivity index (χ4v) is 3.06. The monoisotopic (exact) mass is 311 g/mol. The standard InChI is InChI=1S/C18H21N3O2/c22-17-8-9-19-12-15(17)18(23)20-13-16(21-10-4-5-11-21)14-6-2-1-3-7-14/h1-3,6-9,12,16H,4-5,10-11,13H2,(H,19,22)(H,20,23)/t16-/m0/s1. The number of aromatic nitrogens is 1. The molecule has 0 unspecified atom stereocenters. The Kier molecular flexibility index (Phi) is 4.88. The first kappa shape index (κ1) is 15.5. The SMILES string of the molecule is O=C(NC[C@@H](c1ccccc1)N1CCCC1)c1c[nH]ccc1=O. The van der Waals surface area contributed by atoms with Crippen molar-refractivity contribution in [2.24, 2.45) is 0 Å². The first-order valence-corrected chi connectivity index (χ1v) is 8.00. The summed E-state index contributed by atoms with van der Waals surface area (Å²) in [6, 6.07) is 11.7. The number of pyridine rings is 1. The van der Waals surface area contributed by atoms with Crippen molar-refractivity contribution in [2.75, 3.05) is 19.6 Å². The molecule has 5 nitrogen and oxygen atoms in total. The van der Waals surface area contributed by atoms with Crippen LogP contribution in [-0.2, 0) is 0 Å². The molecule has 1 aromatic heterocycles. The van der Waals surface area contributed by atoms with Crippen LogP contribution >= 0.6 is 0 Å². The summed E-state index contributed by atoms with van der Waals surface area (Å²) in [5.41, 5.74) is 1.08. The molecule has 1 aromatic carbocycles. The van der Waals surface area contributed by atoms with Gasteiger partial charge in [0.15, 0.2) is 5.43 Å². The number of carbonyl (C=O) groups excluding carboxylic acids is 1. The van der Waals surface area contributed by atoms with Gasteiger partial charge in [0.2, 0.25) is 0 Å². The normalized spacial score (nSPS) is 16.2. The molecule has 1 amide bonds. The first-order valence-electron chi connectivity index (χ1n) is 8.00. The van der Waals surface area contributed by atoms with E-state index in [0.29, 0.717) is 6.54 Å². The van der Waals surface area contributed by atoms with E-state index in [2.05, 4.69) is 27.3 Å². The van der Waals surface area contributed by atoms with Gasteiger partial charge in [-0.15, -0.1) is 0 Å². The lowest BCUT2D eigenvalue weighted by atomic mass is 10.1. The molecule has 0 bridgehead atoms. The van der Waals surface area contributed by atoms with Crippen molar-refractivity contribution >= 4 is 5.91 Å². The molecule has 0 aliphatic carbocycles. The van der Waals surface area contributed by atoms with Crippen molar-refractivity contribution in [3.05, 3.63) is 70.1 Å². The fourth-order valence-electron chi connectivity index (χ4n) is 3.06. The zero-order valence-corrected chi connectivity index (χ0v) is 13.0. The van der Waals surface area contributed by atoms with Gasteiger partial charge in [0.05, 0.1) is 6.04 Å². The lowest BCUT2D eigenvalue weighted by molar-refractivity contribution is 0.0936. The van der Waals surface area contributed by atoms with Crippen LogP contribution in [0.5, 0.6) is 0 Å². The van der Waals surface area contributed by atoms with Gasteiger partial charge in [-0.3, -0.25) is 14.5 Å². The minimum absolute atomic E-state index is 0.144. The smallest absolute Gasteiger partial charge is 0.256 e. The van der Waals surface area contributed by atoms with E-state index in [1.165, 1.54) is 36.9 Å². The summed E-state index contributed by atoms with van der Waals surface area (Å²) in [5.74, 6) is -0.327. The van der Waals surface area contributed by atoms with Crippen LogP contribution in [0.3, 0.4) is 0 Å². The average molecular weight is 311 g/mol. The van der Waals surface area contributed by atoms with Crippen molar-refractivity contribution < 1.29 is 4.79 Å². The summed E-state index contributed by atoms with van der Waals surface area (Å²) in [4.78, 5) is 29.2. The van der Waals surface area contributed by atoms with Gasteiger partial charge in [0.1, 0.15) is 5.56 Å². The molecular weight excluding hydrogens is 290 g/mol. The minimum Gasteiger partial charge on any atom is -0.367 e. The maximum Gasteiger partial charge on any atom is 0.256 e. The lowest BCUT2D eigenvalue weighted by Crippen LogP contribution is -2.38. The second-order valence-electron chi connectivity index (χ2n) is 5.80. The number of benzene rings is 1. The van der Waals surface area contributed by atoms with E-state index in [0.717, 1.165) is 13.1 Å². The molecule has 1 saturated heterocycles. The molecule has 1 fully saturated rings. The predicted molar refractivity (Wildman–Crippen MR) is 89.4 cm³/mol. The molecule has 0 spiro atoms. The summed E-state index contributed by atoms with van der Waals surface area (Å²) in [7, 11) is 0. The Morgan fingerprint density at radius 1 is 1.17 bits per heavy atom. The number of rotatable bonds is 5. The fraction of sp³-hybridized carbons (Fsp3) is 0.333. The highest BCUT2D eigenvalue weighted by atomic mass is 16.2. The minimum atomic E-state index is -0.327. The Morgan fingerprint density at radius 3 is 2.61 bits per heavy atom. The summed E-state index contributed by atoms with van der Waals surface area (Å²) in [5, 5.41) is 2.91. The third kappa shape index (κ3) is 3.68. The van der Waals surface area contributed by atoms with Gasteiger partial charge in [-0.2, -0.15) is 0 Å². The number of hydrogen-bond acceptors (Lipinski definition) is 3. The van der Waals surface area contributed by atoms with Gasteiger partial charge in [0.25, 0.3) is 5.91 Å². The largest absolute Gasteiger partial charge is 0.367 e. The van der Waals surface area contributed by atoms with Crippen molar-refractivity contribution in [1.29, 1.82) is 0 Å². The highest BCUT2D eigenvalue weighted by molar-refractivity contribution is 5.93. The highest BCUT2D eigenvalue weighted by Crippen LogP contribution is 2.24. The topological polar surface area (TPSA) is 65.2 Å². The molecule has 1 aliphatic rings. The zero-order valence-electron chi connectivity index (χ0n) is 13.0. The quantitative estimate of drug-likeness (QED) is 0.887. The lowest BCUT2D eigenvalue weighted by Gasteiger charge is -2.28. The van der Waals surface area contributed by atoms with Crippen molar-refractivity contribution in [1.82, 2.24) is 15.2 Å². The van der Waals surface area contributed by atoms with E-state index < -0.39 is 0 Å². The number of carbonyl (C=O) groups is 1. The van der Waals surface area contributed by atoms with Crippen LogP contribution in [0.15, 0.2) is 53.6 Å². The Morgan fingerprint density at radius 2 is 1.91 bits per heavy atom. The number of hydrogen-bond donors (Lipinski definition) is 2. The van der Waals surface area contributed by atoms with Gasteiger partial charge < -0.3 is 10.3 Å². The number of H-pyrrole nitrogens is 1. The second-order valence-corrected chi connectivity index (χ2v) is 5.80. The van der Waals surface area contributed by atoms with Crippen molar-refractivity contribution in [3.8, 4) is 0 Å². The van der Waals surface area contributed by atoms with E-state index in [1.54, 1.807) is 0 Å². The summed E-state index contributed by atoms with van der Waals surface area (Å²) in [6.45, 7) is 2.58. The molecule has 120 valence electrons. The molecule has 3 rings (SSSR count). The van der Waals surface area contributed by atoms with Crippen LogP contribution < -0.4 is 10.7 Å². The summed E-state index contributed by atoms with van der Waals surface area (Å²) in [6.07, 6.45) is 5.35. The first-order chi connectivity index (χ1) is 11.3. The second kappa shape index (κ2) is 7.24. The third-order valence-corrected chi connectivity index (χ3v) is 4.29. The van der Waals surface area contributed by atoms with Crippen molar-refractivity contribution in [2.45, 2.75) is 18.9 Å². The molecule has 5 heteroatoms. The Labute approximate surface area is 135 Å². The van der Waals surface area contributed by atoms with E-state index in [1.807, 2.05) is 18.2 Å². The maximum atomic E-state index is 12.3. The van der Waals surface area contributed by atoms with E-state index >= 15 is 0 Å². The highest BCUT2D eigenvalue weighted by Gasteiger charge is 2.24. The molecule has 23 heavy (non-hydrogen) atoms. The van der Waals surface area contributed by atoms with Gasteiger partial charge in [-0.1, -0.05) is 30.3 Å². The van der Waals surface area contributed by atoms with Gasteiger partial charge in [0, 0.05) is 25.0 Å². The number of aromatic amines is 1. The van der Waals surface area contributed by atoms with Crippen molar-refractivity contribution in [3.63, 3.8) is 0 Å². The van der Waals surface area contributed by atoms with Crippen LogP contribution in [0.4, 0.5) is 0 Å². The van der Waals surface area contributed by atoms with Gasteiger partial charge in [-0.05, 0) is 31.5 Å². The van der Waals surface area contributed by atoms with Crippen LogP contribution in [0.1, 0.15) is 34.8 Å². The molecular formula is C18H21N3O2. The van der Waals surface area contributed by atoms with Crippen LogP contribution in [0.2, 0.25) is 0 Å². The number of likely N-dealkylation sites (tertiary alicyclic amines) is 1. The Bertz CT molecular complexity index is 705. The summed E-state index contributed by atoms with van der Waals surface area (Å²) >= 11 is 0. The molecule has 1 aliphatic heterocycles. The third-order valence-electron chi connectivity index (χ3n) is 4.29. The zero-order chi connectivity index (χ0) is 16.1. The molecule has 0 radical (unpaired) electrons. The van der Waals surface area contributed by atoms with Crippen LogP contribution in [0, 0.1) is 0 Å². The summed E-state index contributed by atoms with van der Waals surface area (Å²) < 4.78 is 0. The average Bonchev–Trinajstić information content (AvgIpc) is 3.10. The Balaban J connectivity index is 1.73. The van der Waals surface area contributed by atoms with E-state index in [4.69, 9.17) is 0 Å². The maximum absolute atomic E-state index is 12.3. The molecule has 1 atom stereocenters. The van der Waals surface area contributed by atoms with E-state index in [-0.39, 0.29) is 22.9 Å². The van der Waals surface area contributed by atoms with Crippen LogP contribution in [-0.4, -0.2) is 35.4 Å². The molecule has 2 heterocycles.